The van der Waals surface area contributed by atoms with Crippen molar-refractivity contribution in [2.24, 2.45) is 0 Å². The topological polar surface area (TPSA) is 9.72 Å². The van der Waals surface area contributed by atoms with Crippen molar-refractivity contribution >= 4 is 37.2 Å². The summed E-state index contributed by atoms with van der Waals surface area (Å²) in [5.41, 5.74) is 0. The predicted molar refractivity (Wildman–Crippen MR) is 59.6 cm³/mol. The van der Waals surface area contributed by atoms with Crippen LogP contribution in [0.15, 0.2) is 0 Å². The first kappa shape index (κ1) is 23.8. The van der Waals surface area contributed by atoms with E-state index in [1.807, 2.05) is 0 Å². The summed E-state index contributed by atoms with van der Waals surface area (Å²) in [6, 6.07) is 0. The van der Waals surface area contributed by atoms with E-state index < -0.39 is 0 Å². The second-order valence-corrected chi connectivity index (χ2v) is 2.99. The van der Waals surface area contributed by atoms with Crippen LogP contribution in [0.3, 0.4) is 0 Å². The molecule has 0 N–H and O–H groups in total. The Labute approximate surface area is 110 Å². The Morgan fingerprint density at radius 1 is 0.615 bits per heavy atom. The van der Waals surface area contributed by atoms with Gasteiger partial charge in [0.05, 0.1) is 20.0 Å². The summed E-state index contributed by atoms with van der Waals surface area (Å²) >= 11 is 0. The third-order valence-electron chi connectivity index (χ3n) is 1.45. The number of hydrogen-bond donors (Lipinski definition) is 0. The fraction of sp³-hybridized carbons (Fsp3) is 1.00. The van der Waals surface area contributed by atoms with E-state index in [4.69, 9.17) is 0 Å². The smallest absolute Gasteiger partial charge is 0.0523 e. The molecule has 1 aliphatic heterocycles. The Balaban J connectivity index is -0.000000101. The van der Waals surface area contributed by atoms with Crippen molar-refractivity contribution in [3.05, 3.63) is 0 Å². The van der Waals surface area contributed by atoms with Gasteiger partial charge in [-0.2, -0.15) is 0 Å². The van der Waals surface area contributed by atoms with Crippen LogP contribution in [0.25, 0.3) is 0 Å². The van der Waals surface area contributed by atoms with E-state index in [9.17, 15) is 0 Å². The van der Waals surface area contributed by atoms with Crippen LogP contribution in [0.2, 0.25) is 0 Å². The van der Waals surface area contributed by atoms with Gasteiger partial charge in [-0.3, -0.25) is 14.7 Å². The van der Waals surface area contributed by atoms with Crippen LogP contribution in [0.4, 0.5) is 0 Å². The second kappa shape index (κ2) is 11.4. The van der Waals surface area contributed by atoms with Gasteiger partial charge in [0.2, 0.25) is 0 Å². The summed E-state index contributed by atoms with van der Waals surface area (Å²) in [5.74, 6) is 0. The summed E-state index contributed by atoms with van der Waals surface area (Å²) in [6.07, 6.45) is 0. The number of rotatable bonds is 0. The minimum atomic E-state index is 0. The van der Waals surface area contributed by atoms with Crippen LogP contribution in [0, 0.1) is 0 Å². The molecule has 1 saturated heterocycles. The Morgan fingerprint density at radius 2 is 0.769 bits per heavy atom. The average Bonchev–Trinajstić information content (AvgIpc) is 1.59. The number of halogens is 3. The Bertz CT molecular complexity index is 84.1. The summed E-state index contributed by atoms with van der Waals surface area (Å²) in [6.45, 7) is 3.26. The maximum absolute atomic E-state index is 2.28. The van der Waals surface area contributed by atoms with E-state index in [0.29, 0.717) is 0 Å². The maximum atomic E-state index is 2.28. The van der Waals surface area contributed by atoms with E-state index in [2.05, 4.69) is 35.8 Å². The Kier molecular flexibility index (Phi) is 20.8. The summed E-state index contributed by atoms with van der Waals surface area (Å²) in [4.78, 5) is 6.84. The number of nitrogens with zero attached hydrogens (tertiary/aromatic N) is 3. The molecule has 0 aromatic heterocycles. The SMILES string of the molecule is CN1CN(C)CN(C)C1.Cl.Cl.Cl.[Cr]. The minimum Gasteiger partial charge on any atom is -0.280 e. The molecule has 1 aliphatic rings. The van der Waals surface area contributed by atoms with Gasteiger partial charge in [0.15, 0.2) is 0 Å². The van der Waals surface area contributed by atoms with Crippen molar-refractivity contribution in [3.8, 4) is 0 Å². The molecule has 0 aliphatic carbocycles. The third-order valence-corrected chi connectivity index (χ3v) is 1.45. The monoisotopic (exact) mass is 289 g/mol. The fourth-order valence-corrected chi connectivity index (χ4v) is 1.37. The first-order valence-electron chi connectivity index (χ1n) is 3.24. The van der Waals surface area contributed by atoms with Crippen LogP contribution in [0.1, 0.15) is 0 Å². The molecule has 3 nitrogen and oxygen atoms in total. The minimum absolute atomic E-state index is 0. The molecule has 1 rings (SSSR count). The molecule has 0 aromatic rings. The molecule has 1 fully saturated rings. The Hall–Kier alpha value is 1.28. The third kappa shape index (κ3) is 9.58. The molecule has 0 saturated carbocycles. The zero-order valence-electron chi connectivity index (χ0n) is 8.10. The normalized spacial score (nSPS) is 18.7. The van der Waals surface area contributed by atoms with Crippen LogP contribution < -0.4 is 0 Å². The molecule has 0 aromatic carbocycles. The van der Waals surface area contributed by atoms with Crippen molar-refractivity contribution in [2.75, 3.05) is 41.1 Å². The zero-order chi connectivity index (χ0) is 6.85. The van der Waals surface area contributed by atoms with Crippen LogP contribution in [-0.4, -0.2) is 55.8 Å². The molecule has 7 heteroatoms. The van der Waals surface area contributed by atoms with E-state index in [-0.39, 0.29) is 54.6 Å². The summed E-state index contributed by atoms with van der Waals surface area (Å²) < 4.78 is 0. The number of hydrogen-bond acceptors (Lipinski definition) is 3. The molecular formula is C6H18Cl3CrN3. The van der Waals surface area contributed by atoms with E-state index >= 15 is 0 Å². The van der Waals surface area contributed by atoms with E-state index in [1.54, 1.807) is 0 Å². The van der Waals surface area contributed by atoms with Crippen molar-refractivity contribution in [1.29, 1.82) is 0 Å². The first-order chi connectivity index (χ1) is 4.18. The maximum Gasteiger partial charge on any atom is 0.0523 e. The molecule has 0 atom stereocenters. The quantitative estimate of drug-likeness (QED) is 0.657. The molecule has 0 amide bonds. The van der Waals surface area contributed by atoms with Gasteiger partial charge in [0.1, 0.15) is 0 Å². The second-order valence-electron chi connectivity index (χ2n) is 2.99. The fourth-order valence-electron chi connectivity index (χ4n) is 1.37. The first-order valence-corrected chi connectivity index (χ1v) is 3.24. The molecule has 13 heavy (non-hydrogen) atoms. The molecule has 0 radical (unpaired) electrons. The van der Waals surface area contributed by atoms with Crippen molar-refractivity contribution in [1.82, 2.24) is 14.7 Å². The summed E-state index contributed by atoms with van der Waals surface area (Å²) in [7, 11) is 6.39. The largest absolute Gasteiger partial charge is 0.280 e. The van der Waals surface area contributed by atoms with Crippen LogP contribution in [0.5, 0.6) is 0 Å². The predicted octanol–water partition coefficient (Wildman–Crippen LogP) is 0.931. The standard InChI is InChI=1S/C6H15N3.3ClH.Cr/c1-7-4-8(2)6-9(3)5-7;;;;/h4-6H2,1-3H3;3*1H;. The van der Waals surface area contributed by atoms with Gasteiger partial charge in [0.25, 0.3) is 0 Å². The van der Waals surface area contributed by atoms with Gasteiger partial charge in [0, 0.05) is 17.4 Å². The zero-order valence-corrected chi connectivity index (χ0v) is 11.8. The van der Waals surface area contributed by atoms with Crippen LogP contribution >= 0.6 is 37.2 Å². The van der Waals surface area contributed by atoms with Crippen molar-refractivity contribution < 1.29 is 17.4 Å². The van der Waals surface area contributed by atoms with Gasteiger partial charge in [-0.25, -0.2) is 0 Å². The van der Waals surface area contributed by atoms with Crippen molar-refractivity contribution in [3.63, 3.8) is 0 Å². The van der Waals surface area contributed by atoms with Gasteiger partial charge >= 0.3 is 0 Å². The molecule has 0 unspecified atom stereocenters. The van der Waals surface area contributed by atoms with E-state index in [0.717, 1.165) is 20.0 Å². The van der Waals surface area contributed by atoms with Gasteiger partial charge in [-0.15, -0.1) is 37.2 Å². The Morgan fingerprint density at radius 3 is 0.923 bits per heavy atom. The molecule has 0 bridgehead atoms. The van der Waals surface area contributed by atoms with E-state index in [1.165, 1.54) is 0 Å². The summed E-state index contributed by atoms with van der Waals surface area (Å²) in [5, 5.41) is 0. The van der Waals surface area contributed by atoms with Gasteiger partial charge < -0.3 is 0 Å². The molecule has 1 heterocycles. The van der Waals surface area contributed by atoms with Crippen LogP contribution in [-0.2, 0) is 17.4 Å². The van der Waals surface area contributed by atoms with Gasteiger partial charge in [-0.05, 0) is 21.1 Å². The average molecular weight is 291 g/mol. The molecular weight excluding hydrogens is 272 g/mol. The van der Waals surface area contributed by atoms with Gasteiger partial charge in [-0.1, -0.05) is 0 Å². The molecule has 84 valence electrons. The molecule has 0 spiro atoms. The van der Waals surface area contributed by atoms with Crippen molar-refractivity contribution in [2.45, 2.75) is 0 Å².